The zero-order valence-electron chi connectivity index (χ0n) is 10.1. The van der Waals surface area contributed by atoms with Gasteiger partial charge in [-0.05, 0) is 35.0 Å². The van der Waals surface area contributed by atoms with Crippen molar-refractivity contribution in [2.75, 3.05) is 6.54 Å². The molecule has 94 valence electrons. The van der Waals surface area contributed by atoms with Gasteiger partial charge in [0.2, 0.25) is 0 Å². The summed E-state index contributed by atoms with van der Waals surface area (Å²) in [5, 5.41) is 6.99. The average molecular weight is 308 g/mol. The number of rotatable bonds is 4. The van der Waals surface area contributed by atoms with Crippen LogP contribution in [0, 0.1) is 6.92 Å². The van der Waals surface area contributed by atoms with Crippen molar-refractivity contribution in [3.63, 3.8) is 0 Å². The highest BCUT2D eigenvalue weighted by Gasteiger charge is 2.04. The second-order valence-corrected chi connectivity index (χ2v) is 4.96. The topological polar surface area (TPSA) is 46.9 Å². The Hall–Kier alpha value is -1.62. The second kappa shape index (κ2) is 5.82. The molecule has 0 aliphatic heterocycles. The van der Waals surface area contributed by atoms with Crippen molar-refractivity contribution in [2.45, 2.75) is 13.5 Å². The Kier molecular flexibility index (Phi) is 4.15. The van der Waals surface area contributed by atoms with Gasteiger partial charge in [0.1, 0.15) is 0 Å². The molecule has 0 atom stereocenters. The molecule has 0 saturated carbocycles. The second-order valence-electron chi connectivity index (χ2n) is 4.05. The first-order chi connectivity index (χ1) is 8.65. The van der Waals surface area contributed by atoms with Gasteiger partial charge >= 0.3 is 0 Å². The fourth-order valence-corrected chi connectivity index (χ4v) is 1.96. The van der Waals surface area contributed by atoms with Crippen molar-refractivity contribution in [3.8, 4) is 0 Å². The predicted molar refractivity (Wildman–Crippen MR) is 73.4 cm³/mol. The Balaban J connectivity index is 1.85. The number of nitrogens with zero attached hydrogens (tertiary/aromatic N) is 2. The number of aryl methyl sites for hydroxylation is 1. The van der Waals surface area contributed by atoms with Crippen LogP contribution in [0.5, 0.6) is 0 Å². The zero-order valence-corrected chi connectivity index (χ0v) is 11.6. The number of benzene rings is 1. The summed E-state index contributed by atoms with van der Waals surface area (Å²) < 4.78 is 2.72. The van der Waals surface area contributed by atoms with E-state index in [4.69, 9.17) is 0 Å². The fourth-order valence-electron chi connectivity index (χ4n) is 1.63. The van der Waals surface area contributed by atoms with Gasteiger partial charge in [-0.25, -0.2) is 0 Å². The van der Waals surface area contributed by atoms with Crippen molar-refractivity contribution >= 4 is 21.8 Å². The molecule has 18 heavy (non-hydrogen) atoms. The lowest BCUT2D eigenvalue weighted by atomic mass is 10.1. The summed E-state index contributed by atoms with van der Waals surface area (Å²) in [6, 6.07) is 7.54. The van der Waals surface area contributed by atoms with Crippen LogP contribution in [0.15, 0.2) is 41.1 Å². The van der Waals surface area contributed by atoms with E-state index in [9.17, 15) is 4.79 Å². The zero-order chi connectivity index (χ0) is 13.0. The molecule has 1 aromatic heterocycles. The maximum Gasteiger partial charge on any atom is 0.251 e. The number of aromatic nitrogens is 2. The molecule has 0 spiro atoms. The van der Waals surface area contributed by atoms with Gasteiger partial charge in [0.15, 0.2) is 0 Å². The van der Waals surface area contributed by atoms with E-state index in [0.717, 1.165) is 10.0 Å². The molecule has 5 heteroatoms. The molecular formula is C13H14BrN3O. The highest BCUT2D eigenvalue weighted by Crippen LogP contribution is 2.06. The van der Waals surface area contributed by atoms with Crippen molar-refractivity contribution in [1.82, 2.24) is 15.1 Å². The molecule has 1 N–H and O–H groups in total. The summed E-state index contributed by atoms with van der Waals surface area (Å²) in [5.74, 6) is -0.0510. The molecular weight excluding hydrogens is 294 g/mol. The molecule has 0 saturated heterocycles. The Labute approximate surface area is 114 Å². The van der Waals surface area contributed by atoms with E-state index in [0.29, 0.717) is 18.7 Å². The highest BCUT2D eigenvalue weighted by atomic mass is 79.9. The number of carbonyl (C=O) groups excluding carboxylic acids is 1. The van der Waals surface area contributed by atoms with Gasteiger partial charge in [-0.2, -0.15) is 5.10 Å². The first-order valence-electron chi connectivity index (χ1n) is 5.68. The summed E-state index contributed by atoms with van der Waals surface area (Å²) in [4.78, 5) is 11.8. The highest BCUT2D eigenvalue weighted by molar-refractivity contribution is 9.10. The first-order valence-corrected chi connectivity index (χ1v) is 6.47. The largest absolute Gasteiger partial charge is 0.350 e. The molecule has 1 aromatic carbocycles. The Bertz CT molecular complexity index is 551. The molecule has 1 amide bonds. The number of amides is 1. The molecule has 0 unspecified atom stereocenters. The van der Waals surface area contributed by atoms with Crippen LogP contribution in [0.2, 0.25) is 0 Å². The van der Waals surface area contributed by atoms with E-state index in [1.54, 1.807) is 10.9 Å². The third-order valence-electron chi connectivity index (χ3n) is 2.51. The maximum atomic E-state index is 11.8. The van der Waals surface area contributed by atoms with E-state index in [1.165, 1.54) is 0 Å². The molecule has 0 bridgehead atoms. The van der Waals surface area contributed by atoms with Gasteiger partial charge in [-0.3, -0.25) is 9.48 Å². The third-order valence-corrected chi connectivity index (χ3v) is 2.92. The number of hydrogen-bond acceptors (Lipinski definition) is 2. The Morgan fingerprint density at radius 1 is 1.50 bits per heavy atom. The molecule has 0 fully saturated rings. The molecule has 4 nitrogen and oxygen atoms in total. The van der Waals surface area contributed by atoms with Crippen LogP contribution in [0.1, 0.15) is 15.9 Å². The Morgan fingerprint density at radius 3 is 3.00 bits per heavy atom. The minimum atomic E-state index is -0.0510. The minimum Gasteiger partial charge on any atom is -0.350 e. The van der Waals surface area contributed by atoms with Crippen LogP contribution in [0.3, 0.4) is 0 Å². The maximum absolute atomic E-state index is 11.8. The molecule has 0 aliphatic carbocycles. The average Bonchev–Trinajstić information content (AvgIpc) is 2.75. The first kappa shape index (κ1) is 12.8. The van der Waals surface area contributed by atoms with E-state index < -0.39 is 0 Å². The van der Waals surface area contributed by atoms with Gasteiger partial charge in [0, 0.05) is 18.3 Å². The summed E-state index contributed by atoms with van der Waals surface area (Å²) >= 11 is 3.33. The molecule has 2 aromatic rings. The van der Waals surface area contributed by atoms with Gasteiger partial charge in [-0.1, -0.05) is 17.7 Å². The number of carbonyl (C=O) groups is 1. The summed E-state index contributed by atoms with van der Waals surface area (Å²) in [6.45, 7) is 3.18. The Morgan fingerprint density at radius 2 is 2.33 bits per heavy atom. The molecule has 0 aliphatic rings. The lowest BCUT2D eigenvalue weighted by Crippen LogP contribution is -2.27. The molecule has 0 radical (unpaired) electrons. The van der Waals surface area contributed by atoms with Gasteiger partial charge in [-0.15, -0.1) is 0 Å². The van der Waals surface area contributed by atoms with Crippen LogP contribution in [-0.2, 0) is 6.54 Å². The summed E-state index contributed by atoms with van der Waals surface area (Å²) in [6.07, 6.45) is 3.60. The van der Waals surface area contributed by atoms with Crippen LogP contribution < -0.4 is 5.32 Å². The SMILES string of the molecule is Cc1cccc(C(=O)NCCn2cc(Br)cn2)c1. The van der Waals surface area contributed by atoms with Crippen LogP contribution in [0.25, 0.3) is 0 Å². The van der Waals surface area contributed by atoms with Crippen molar-refractivity contribution in [2.24, 2.45) is 0 Å². The predicted octanol–water partition coefficient (Wildman–Crippen LogP) is 2.38. The summed E-state index contributed by atoms with van der Waals surface area (Å²) in [7, 11) is 0. The molecule has 2 rings (SSSR count). The van der Waals surface area contributed by atoms with Crippen molar-refractivity contribution < 1.29 is 4.79 Å². The number of hydrogen-bond donors (Lipinski definition) is 1. The lowest BCUT2D eigenvalue weighted by molar-refractivity contribution is 0.0952. The van der Waals surface area contributed by atoms with E-state index in [-0.39, 0.29) is 5.91 Å². The standard InChI is InChI=1S/C13H14BrN3O/c1-10-3-2-4-11(7-10)13(18)15-5-6-17-9-12(14)8-16-17/h2-4,7-9H,5-6H2,1H3,(H,15,18). The quantitative estimate of drug-likeness (QED) is 0.942. The minimum absolute atomic E-state index is 0.0510. The van der Waals surface area contributed by atoms with Gasteiger partial charge < -0.3 is 5.32 Å². The number of halogens is 1. The number of nitrogens with one attached hydrogen (secondary N) is 1. The lowest BCUT2D eigenvalue weighted by Gasteiger charge is -2.06. The van der Waals surface area contributed by atoms with Gasteiger partial charge in [0.05, 0.1) is 17.2 Å². The summed E-state index contributed by atoms with van der Waals surface area (Å²) in [5.41, 5.74) is 1.77. The van der Waals surface area contributed by atoms with Gasteiger partial charge in [0.25, 0.3) is 5.91 Å². The van der Waals surface area contributed by atoms with E-state index in [1.807, 2.05) is 37.4 Å². The smallest absolute Gasteiger partial charge is 0.251 e. The van der Waals surface area contributed by atoms with Crippen LogP contribution in [0.4, 0.5) is 0 Å². The molecule has 1 heterocycles. The third kappa shape index (κ3) is 3.43. The normalized spacial score (nSPS) is 10.3. The fraction of sp³-hybridized carbons (Fsp3) is 0.231. The van der Waals surface area contributed by atoms with Crippen LogP contribution >= 0.6 is 15.9 Å². The van der Waals surface area contributed by atoms with E-state index in [2.05, 4.69) is 26.3 Å². The van der Waals surface area contributed by atoms with Crippen molar-refractivity contribution in [3.05, 3.63) is 52.3 Å². The van der Waals surface area contributed by atoms with Crippen LogP contribution in [-0.4, -0.2) is 22.2 Å². The van der Waals surface area contributed by atoms with E-state index >= 15 is 0 Å². The van der Waals surface area contributed by atoms with Crippen molar-refractivity contribution in [1.29, 1.82) is 0 Å². The monoisotopic (exact) mass is 307 g/mol.